The van der Waals surface area contributed by atoms with Crippen LogP contribution in [0, 0.1) is 11.3 Å². The molecule has 1 atom stereocenters. The van der Waals surface area contributed by atoms with Crippen LogP contribution in [0.3, 0.4) is 0 Å². The van der Waals surface area contributed by atoms with E-state index in [-0.39, 0.29) is 14.9 Å². The summed E-state index contributed by atoms with van der Waals surface area (Å²) in [5.74, 6) is 0.881. The average molecular weight is 238 g/mol. The van der Waals surface area contributed by atoms with E-state index in [9.17, 15) is 0 Å². The molecular weight excluding hydrogens is 204 g/mol. The minimum Gasteiger partial charge on any atom is -0.0871 e. The van der Waals surface area contributed by atoms with E-state index in [1.807, 2.05) is 13.8 Å². The van der Waals surface area contributed by atoms with Gasteiger partial charge in [-0.15, -0.1) is 0 Å². The van der Waals surface area contributed by atoms with Crippen LogP contribution in [0.4, 0.5) is 0 Å². The topological polar surface area (TPSA) is 0 Å². The van der Waals surface area contributed by atoms with E-state index in [2.05, 4.69) is 32.1 Å². The summed E-state index contributed by atoms with van der Waals surface area (Å²) < 4.78 is 0. The molecule has 2 rings (SSSR count). The van der Waals surface area contributed by atoms with Crippen LogP contribution in [0.25, 0.3) is 0 Å². The minimum absolute atomic E-state index is 0. The Labute approximate surface area is 110 Å². The van der Waals surface area contributed by atoms with E-state index in [1.165, 1.54) is 32.1 Å². The van der Waals surface area contributed by atoms with Gasteiger partial charge in [-0.1, -0.05) is 72.8 Å². The van der Waals surface area contributed by atoms with Crippen molar-refractivity contribution < 1.29 is 0 Å². The Kier molecular flexibility index (Phi) is 9.48. The lowest BCUT2D eigenvalue weighted by Gasteiger charge is -2.25. The highest BCUT2D eigenvalue weighted by Gasteiger charge is 2.23. The average Bonchev–Trinajstić information content (AvgIpc) is 2.37. The highest BCUT2D eigenvalue weighted by atomic mass is 14.3. The zero-order valence-corrected chi connectivity index (χ0v) is 10.8. The van der Waals surface area contributed by atoms with Crippen LogP contribution in [-0.2, 0) is 0 Å². The van der Waals surface area contributed by atoms with Crippen molar-refractivity contribution in [2.24, 2.45) is 11.3 Å². The van der Waals surface area contributed by atoms with Crippen molar-refractivity contribution in [1.82, 2.24) is 0 Å². The summed E-state index contributed by atoms with van der Waals surface area (Å²) in [6.07, 6.45) is 14.2. The molecule has 102 valence electrons. The van der Waals surface area contributed by atoms with Gasteiger partial charge in [0, 0.05) is 5.41 Å². The second-order valence-electron chi connectivity index (χ2n) is 5.12. The van der Waals surface area contributed by atoms with Gasteiger partial charge >= 0.3 is 0 Å². The van der Waals surface area contributed by atoms with Crippen LogP contribution in [0.1, 0.15) is 74.7 Å². The first-order chi connectivity index (χ1) is 7.17. The van der Waals surface area contributed by atoms with Gasteiger partial charge in [0.25, 0.3) is 0 Å². The van der Waals surface area contributed by atoms with Gasteiger partial charge in [0.05, 0.1) is 0 Å². The molecule has 2 aliphatic rings. The lowest BCUT2D eigenvalue weighted by molar-refractivity contribution is 0.453. The third kappa shape index (κ3) is 5.57. The van der Waals surface area contributed by atoms with Crippen molar-refractivity contribution in [3.63, 3.8) is 0 Å². The molecule has 0 heterocycles. The molecule has 0 aromatic heterocycles. The maximum absolute atomic E-state index is 2.51. The largest absolute Gasteiger partial charge is 0.0871 e. The van der Waals surface area contributed by atoms with Crippen molar-refractivity contribution in [3.8, 4) is 0 Å². The van der Waals surface area contributed by atoms with Gasteiger partial charge in [-0.2, -0.15) is 0 Å². The monoisotopic (exact) mass is 238 g/mol. The van der Waals surface area contributed by atoms with Crippen LogP contribution in [0.2, 0.25) is 0 Å². The lowest BCUT2D eigenvalue weighted by Crippen LogP contribution is -2.10. The first kappa shape index (κ1) is 18.8. The van der Waals surface area contributed by atoms with Gasteiger partial charge in [-0.3, -0.25) is 0 Å². The second kappa shape index (κ2) is 8.55. The quantitative estimate of drug-likeness (QED) is 0.429. The standard InChI is InChI=1S/C13H20.C2H6.2CH4/c1-13(2)9-5-8-11-6-3-4-7-12(11)10-13;1-2;;/h5,9-11H,3-4,6-8H2,1-2H3;1-2H3;2*1H4. The Hall–Kier alpha value is -0.520. The van der Waals surface area contributed by atoms with Gasteiger partial charge in [0.2, 0.25) is 0 Å². The van der Waals surface area contributed by atoms with Gasteiger partial charge in [-0.25, -0.2) is 0 Å². The molecule has 17 heavy (non-hydrogen) atoms. The molecule has 0 radical (unpaired) electrons. The molecule has 0 amide bonds. The molecule has 1 saturated carbocycles. The fraction of sp³-hybridized carbons (Fsp3) is 0.765. The molecule has 2 aliphatic carbocycles. The minimum atomic E-state index is 0. The van der Waals surface area contributed by atoms with Gasteiger partial charge in [-0.05, 0) is 31.6 Å². The number of allylic oxidation sites excluding steroid dienone is 4. The zero-order valence-electron chi connectivity index (χ0n) is 10.8. The highest BCUT2D eigenvalue weighted by molar-refractivity contribution is 5.21. The van der Waals surface area contributed by atoms with E-state index in [4.69, 9.17) is 0 Å². The van der Waals surface area contributed by atoms with E-state index >= 15 is 0 Å². The van der Waals surface area contributed by atoms with E-state index in [0.29, 0.717) is 5.41 Å². The van der Waals surface area contributed by atoms with Gasteiger partial charge in [0.15, 0.2) is 0 Å². The maximum Gasteiger partial charge on any atom is 0.000718 e. The fourth-order valence-electron chi connectivity index (χ4n) is 2.63. The van der Waals surface area contributed by atoms with Crippen molar-refractivity contribution in [1.29, 1.82) is 0 Å². The van der Waals surface area contributed by atoms with Crippen LogP contribution >= 0.6 is 0 Å². The smallest absolute Gasteiger partial charge is 0.000718 e. The van der Waals surface area contributed by atoms with E-state index in [1.54, 1.807) is 5.57 Å². The summed E-state index contributed by atoms with van der Waals surface area (Å²) in [4.78, 5) is 0. The molecule has 0 aromatic rings. The maximum atomic E-state index is 2.51. The van der Waals surface area contributed by atoms with Crippen LogP contribution in [0.5, 0.6) is 0 Å². The fourth-order valence-corrected chi connectivity index (χ4v) is 2.63. The number of hydrogen-bond acceptors (Lipinski definition) is 0. The summed E-state index contributed by atoms with van der Waals surface area (Å²) in [6.45, 7) is 8.63. The summed E-state index contributed by atoms with van der Waals surface area (Å²) in [5.41, 5.74) is 2.04. The Morgan fingerprint density at radius 2 is 1.76 bits per heavy atom. The third-order valence-electron chi connectivity index (χ3n) is 3.32. The van der Waals surface area contributed by atoms with E-state index in [0.717, 1.165) is 5.92 Å². The molecule has 0 spiro atoms. The molecule has 1 unspecified atom stereocenters. The molecule has 0 aliphatic heterocycles. The molecule has 0 heteroatoms. The van der Waals surface area contributed by atoms with E-state index < -0.39 is 0 Å². The SMILES string of the molecule is C.C.CC.CC1(C)C=CCC2CCCCC2=C1. The van der Waals surface area contributed by atoms with Crippen molar-refractivity contribution >= 4 is 0 Å². The summed E-state index contributed by atoms with van der Waals surface area (Å²) in [5, 5.41) is 0. The Morgan fingerprint density at radius 1 is 1.12 bits per heavy atom. The van der Waals surface area contributed by atoms with Crippen molar-refractivity contribution in [3.05, 3.63) is 23.8 Å². The zero-order chi connectivity index (χ0) is 11.3. The normalized spacial score (nSPS) is 24.7. The van der Waals surface area contributed by atoms with Gasteiger partial charge < -0.3 is 0 Å². The number of hydrogen-bond donors (Lipinski definition) is 0. The summed E-state index contributed by atoms with van der Waals surface area (Å²) >= 11 is 0. The van der Waals surface area contributed by atoms with Crippen LogP contribution in [0.15, 0.2) is 23.8 Å². The first-order valence-corrected chi connectivity index (χ1v) is 6.57. The lowest BCUT2D eigenvalue weighted by atomic mass is 9.80. The Bertz CT molecular complexity index is 243. The van der Waals surface area contributed by atoms with Gasteiger partial charge in [0.1, 0.15) is 0 Å². The predicted octanol–water partition coefficient (Wildman–Crippen LogP) is 6.39. The molecule has 0 bridgehead atoms. The second-order valence-corrected chi connectivity index (χ2v) is 5.12. The predicted molar refractivity (Wildman–Crippen MR) is 82.4 cm³/mol. The summed E-state index contributed by atoms with van der Waals surface area (Å²) in [6, 6.07) is 0. The van der Waals surface area contributed by atoms with Crippen molar-refractivity contribution in [2.45, 2.75) is 74.7 Å². The summed E-state index contributed by atoms with van der Waals surface area (Å²) in [7, 11) is 0. The number of rotatable bonds is 0. The molecule has 0 saturated heterocycles. The molecule has 0 N–H and O–H groups in total. The third-order valence-corrected chi connectivity index (χ3v) is 3.32. The molecule has 0 aromatic carbocycles. The highest BCUT2D eigenvalue weighted by Crippen LogP contribution is 2.37. The van der Waals surface area contributed by atoms with Crippen molar-refractivity contribution in [2.75, 3.05) is 0 Å². The Morgan fingerprint density at radius 3 is 2.41 bits per heavy atom. The van der Waals surface area contributed by atoms with Crippen LogP contribution in [-0.4, -0.2) is 0 Å². The van der Waals surface area contributed by atoms with Crippen LogP contribution < -0.4 is 0 Å². The Balaban J connectivity index is 0. The molecule has 1 fully saturated rings. The molecular formula is C17H34. The first-order valence-electron chi connectivity index (χ1n) is 6.57. The number of fused-ring (bicyclic) bond motifs is 1. The molecule has 0 nitrogen and oxygen atoms in total.